The van der Waals surface area contributed by atoms with Crippen LogP contribution in [0, 0.1) is 5.92 Å². The zero-order valence-corrected chi connectivity index (χ0v) is 15.0. The Kier molecular flexibility index (Phi) is 6.08. The molecule has 2 amide bonds. The van der Waals surface area contributed by atoms with Gasteiger partial charge in [-0.2, -0.15) is 0 Å². The maximum atomic E-state index is 13.2. The lowest BCUT2D eigenvalue weighted by molar-refractivity contribution is -0.899. The van der Waals surface area contributed by atoms with Gasteiger partial charge < -0.3 is 15.5 Å². The summed E-state index contributed by atoms with van der Waals surface area (Å²) in [6, 6.07) is 10.3. The molecule has 5 heteroatoms. The lowest BCUT2D eigenvalue weighted by Crippen LogP contribution is -3.15. The summed E-state index contributed by atoms with van der Waals surface area (Å²) in [5, 5.41) is 0. The SMILES string of the molecule is NC(=O)[C@H]1CCC[NH+](CC(=O)N(c2ccccc2)C2CCCCC2)C1. The van der Waals surface area contributed by atoms with E-state index in [9.17, 15) is 9.59 Å². The number of likely N-dealkylation sites (tertiary alicyclic amines) is 1. The fourth-order valence-electron chi connectivity index (χ4n) is 4.34. The van der Waals surface area contributed by atoms with Crippen LogP contribution in [0.3, 0.4) is 0 Å². The number of carbonyl (C=O) groups excluding carboxylic acids is 2. The second-order valence-electron chi connectivity index (χ2n) is 7.51. The Labute approximate surface area is 150 Å². The van der Waals surface area contributed by atoms with Crippen LogP contribution in [0.4, 0.5) is 5.69 Å². The lowest BCUT2D eigenvalue weighted by Gasteiger charge is -2.36. The molecule has 2 aliphatic rings. The van der Waals surface area contributed by atoms with Crippen molar-refractivity contribution in [2.75, 3.05) is 24.5 Å². The van der Waals surface area contributed by atoms with Gasteiger partial charge in [0.1, 0.15) is 0 Å². The number of hydrogen-bond acceptors (Lipinski definition) is 2. The van der Waals surface area contributed by atoms with Crippen LogP contribution in [0.5, 0.6) is 0 Å². The lowest BCUT2D eigenvalue weighted by atomic mass is 9.93. The van der Waals surface area contributed by atoms with Gasteiger partial charge in [0.25, 0.3) is 5.91 Å². The van der Waals surface area contributed by atoms with Crippen molar-refractivity contribution < 1.29 is 14.5 Å². The average molecular weight is 344 g/mol. The third-order valence-corrected chi connectivity index (χ3v) is 5.66. The molecule has 25 heavy (non-hydrogen) atoms. The Morgan fingerprint density at radius 2 is 1.76 bits per heavy atom. The number of primary amides is 1. The van der Waals surface area contributed by atoms with Gasteiger partial charge in [-0.25, -0.2) is 0 Å². The van der Waals surface area contributed by atoms with E-state index in [2.05, 4.69) is 0 Å². The summed E-state index contributed by atoms with van der Waals surface area (Å²) >= 11 is 0. The van der Waals surface area contributed by atoms with Crippen molar-refractivity contribution in [3.8, 4) is 0 Å². The number of nitrogens with zero attached hydrogens (tertiary/aromatic N) is 1. The van der Waals surface area contributed by atoms with Gasteiger partial charge >= 0.3 is 0 Å². The van der Waals surface area contributed by atoms with E-state index in [1.807, 2.05) is 35.2 Å². The Hall–Kier alpha value is -1.88. The fraction of sp³-hybridized carbons (Fsp3) is 0.600. The Morgan fingerprint density at radius 3 is 2.44 bits per heavy atom. The molecule has 1 saturated heterocycles. The Morgan fingerprint density at radius 1 is 1.04 bits per heavy atom. The summed E-state index contributed by atoms with van der Waals surface area (Å²) in [5.74, 6) is -0.133. The summed E-state index contributed by atoms with van der Waals surface area (Å²) in [4.78, 5) is 27.9. The van der Waals surface area contributed by atoms with Gasteiger partial charge in [-0.3, -0.25) is 9.59 Å². The number of benzene rings is 1. The molecule has 2 fully saturated rings. The molecule has 136 valence electrons. The van der Waals surface area contributed by atoms with Crippen molar-refractivity contribution >= 4 is 17.5 Å². The number of piperidine rings is 1. The second kappa shape index (κ2) is 8.48. The van der Waals surface area contributed by atoms with E-state index < -0.39 is 0 Å². The largest absolute Gasteiger partial charge is 0.369 e. The number of para-hydroxylation sites is 1. The number of hydrogen-bond donors (Lipinski definition) is 2. The van der Waals surface area contributed by atoms with Gasteiger partial charge in [0, 0.05) is 11.7 Å². The fourth-order valence-corrected chi connectivity index (χ4v) is 4.34. The van der Waals surface area contributed by atoms with Crippen molar-refractivity contribution in [2.45, 2.75) is 51.0 Å². The van der Waals surface area contributed by atoms with Gasteiger partial charge in [0.05, 0.1) is 19.0 Å². The maximum Gasteiger partial charge on any atom is 0.282 e. The molecular weight excluding hydrogens is 314 g/mol. The number of amides is 2. The van der Waals surface area contributed by atoms with Crippen LogP contribution < -0.4 is 15.5 Å². The zero-order valence-electron chi connectivity index (χ0n) is 15.0. The number of anilines is 1. The van der Waals surface area contributed by atoms with Gasteiger partial charge in [-0.1, -0.05) is 37.5 Å². The van der Waals surface area contributed by atoms with Gasteiger partial charge in [-0.15, -0.1) is 0 Å². The van der Waals surface area contributed by atoms with Crippen molar-refractivity contribution in [3.05, 3.63) is 30.3 Å². The normalized spacial score (nSPS) is 24.6. The molecule has 0 bridgehead atoms. The van der Waals surface area contributed by atoms with Crippen LogP contribution in [0.25, 0.3) is 0 Å². The van der Waals surface area contributed by atoms with Crippen LogP contribution in [-0.4, -0.2) is 37.5 Å². The summed E-state index contributed by atoms with van der Waals surface area (Å²) in [7, 11) is 0. The molecule has 1 aromatic carbocycles. The standard InChI is InChI=1S/C20H29N3O2/c21-20(25)16-8-7-13-22(14-16)15-19(24)23(17-9-3-1-4-10-17)18-11-5-2-6-12-18/h1,3-4,9-10,16,18H,2,5-8,11-15H2,(H2,21,25)/p+1/t16-/m0/s1. The molecule has 1 unspecified atom stereocenters. The Balaban J connectivity index is 1.71. The van der Waals surface area contributed by atoms with Crippen LogP contribution in [0.15, 0.2) is 30.3 Å². The maximum absolute atomic E-state index is 13.2. The van der Waals surface area contributed by atoms with E-state index in [1.165, 1.54) is 24.2 Å². The summed E-state index contributed by atoms with van der Waals surface area (Å²) in [5.41, 5.74) is 6.48. The summed E-state index contributed by atoms with van der Waals surface area (Å²) < 4.78 is 0. The highest BCUT2D eigenvalue weighted by Crippen LogP contribution is 2.27. The number of rotatable bonds is 5. The third-order valence-electron chi connectivity index (χ3n) is 5.66. The minimum absolute atomic E-state index is 0.0867. The summed E-state index contributed by atoms with van der Waals surface area (Å²) in [6.45, 7) is 2.09. The molecule has 1 aromatic rings. The van der Waals surface area contributed by atoms with Crippen LogP contribution in [-0.2, 0) is 9.59 Å². The van der Waals surface area contributed by atoms with E-state index in [4.69, 9.17) is 5.73 Å². The molecule has 0 radical (unpaired) electrons. The molecular formula is C20H30N3O2+. The van der Waals surface area contributed by atoms with Gasteiger partial charge in [-0.05, 0) is 37.8 Å². The first kappa shape index (κ1) is 17.9. The molecule has 5 nitrogen and oxygen atoms in total. The predicted molar refractivity (Wildman–Crippen MR) is 98.3 cm³/mol. The highest BCUT2D eigenvalue weighted by Gasteiger charge is 2.32. The molecule has 0 aromatic heterocycles. The number of quaternary nitrogens is 1. The Bertz CT molecular complexity index is 584. The highest BCUT2D eigenvalue weighted by atomic mass is 16.2. The first-order chi connectivity index (χ1) is 12.1. The highest BCUT2D eigenvalue weighted by molar-refractivity contribution is 5.94. The van der Waals surface area contributed by atoms with E-state index >= 15 is 0 Å². The van der Waals surface area contributed by atoms with Crippen LogP contribution in [0.2, 0.25) is 0 Å². The number of nitrogens with one attached hydrogen (secondary N) is 1. The molecule has 2 atom stereocenters. The molecule has 1 aliphatic heterocycles. The third kappa shape index (κ3) is 4.60. The molecule has 0 spiro atoms. The minimum Gasteiger partial charge on any atom is -0.369 e. The van der Waals surface area contributed by atoms with E-state index in [0.717, 1.165) is 37.9 Å². The molecule has 1 saturated carbocycles. The van der Waals surface area contributed by atoms with Gasteiger partial charge in [0.2, 0.25) is 5.91 Å². The van der Waals surface area contributed by atoms with Crippen molar-refractivity contribution in [2.24, 2.45) is 11.7 Å². The second-order valence-corrected chi connectivity index (χ2v) is 7.51. The predicted octanol–water partition coefficient (Wildman–Crippen LogP) is 1.13. The monoisotopic (exact) mass is 344 g/mol. The van der Waals surface area contributed by atoms with Gasteiger partial charge in [0.15, 0.2) is 6.54 Å². The smallest absolute Gasteiger partial charge is 0.282 e. The molecule has 1 aliphatic carbocycles. The number of nitrogens with two attached hydrogens (primary N) is 1. The number of carbonyl (C=O) groups is 2. The quantitative estimate of drug-likeness (QED) is 0.841. The minimum atomic E-state index is -0.225. The van der Waals surface area contributed by atoms with Crippen molar-refractivity contribution in [3.63, 3.8) is 0 Å². The first-order valence-electron chi connectivity index (χ1n) is 9.65. The molecule has 3 rings (SSSR count). The molecule has 3 N–H and O–H groups in total. The van der Waals surface area contributed by atoms with Crippen molar-refractivity contribution in [1.29, 1.82) is 0 Å². The first-order valence-corrected chi connectivity index (χ1v) is 9.65. The van der Waals surface area contributed by atoms with Crippen LogP contribution in [0.1, 0.15) is 44.9 Å². The van der Waals surface area contributed by atoms with E-state index in [-0.39, 0.29) is 17.7 Å². The molecule has 1 heterocycles. The van der Waals surface area contributed by atoms with E-state index in [0.29, 0.717) is 19.1 Å². The van der Waals surface area contributed by atoms with Crippen LogP contribution >= 0.6 is 0 Å². The summed E-state index contributed by atoms with van der Waals surface area (Å²) in [6.07, 6.45) is 7.65. The zero-order chi connectivity index (χ0) is 17.6. The van der Waals surface area contributed by atoms with E-state index in [1.54, 1.807) is 0 Å². The topological polar surface area (TPSA) is 67.8 Å². The van der Waals surface area contributed by atoms with Crippen molar-refractivity contribution in [1.82, 2.24) is 0 Å². The average Bonchev–Trinajstić information content (AvgIpc) is 2.64.